The Kier molecular flexibility index (Phi) is 7.06. The van der Waals surface area contributed by atoms with Gasteiger partial charge in [-0.2, -0.15) is 0 Å². The number of carbonyl (C=O) groups is 1. The highest BCUT2D eigenvalue weighted by Gasteiger charge is 2.20. The summed E-state index contributed by atoms with van der Waals surface area (Å²) in [5.41, 5.74) is 1.05. The van der Waals surface area contributed by atoms with Crippen LogP contribution < -0.4 is 21.5 Å². The first-order valence-electron chi connectivity index (χ1n) is 10.3. The lowest BCUT2D eigenvalue weighted by Gasteiger charge is -2.16. The molecule has 8 nitrogen and oxygen atoms in total. The number of benzene rings is 1. The van der Waals surface area contributed by atoms with E-state index in [1.807, 2.05) is 43.0 Å². The molecule has 0 fully saturated rings. The fourth-order valence-corrected chi connectivity index (χ4v) is 4.45. The Morgan fingerprint density at radius 3 is 2.42 bits per heavy atom. The van der Waals surface area contributed by atoms with Crippen LogP contribution in [0.1, 0.15) is 26.3 Å². The Labute approximate surface area is 184 Å². The molecule has 0 aliphatic rings. The second-order valence-electron chi connectivity index (χ2n) is 6.99. The van der Waals surface area contributed by atoms with Gasteiger partial charge in [-0.3, -0.25) is 18.7 Å². The minimum atomic E-state index is -0.578. The standard InChI is InChI=1S/C22H27N5O3S/c1-5-13-26-20(29)18-19(24-21(31-18)25(7-3)8-4)27(22(26)30)14-17(28)23-16-11-9-15(6-2)10-12-16/h5,9-12H,1,6-8,13-14H2,2-4H3,(H,23,28). The van der Waals surface area contributed by atoms with Crippen molar-refractivity contribution in [3.8, 4) is 0 Å². The Balaban J connectivity index is 2.04. The van der Waals surface area contributed by atoms with Crippen LogP contribution in [-0.2, 0) is 24.3 Å². The number of amides is 1. The van der Waals surface area contributed by atoms with Gasteiger partial charge in [0.1, 0.15) is 11.2 Å². The van der Waals surface area contributed by atoms with Gasteiger partial charge in [-0.25, -0.2) is 9.78 Å². The number of rotatable bonds is 9. The third kappa shape index (κ3) is 4.61. The maximum absolute atomic E-state index is 13.0. The molecule has 0 bridgehead atoms. The maximum atomic E-state index is 13.0. The molecule has 164 valence electrons. The summed E-state index contributed by atoms with van der Waals surface area (Å²) in [6, 6.07) is 7.55. The van der Waals surface area contributed by atoms with Crippen LogP contribution in [0.4, 0.5) is 10.8 Å². The highest BCUT2D eigenvalue weighted by atomic mass is 32.1. The summed E-state index contributed by atoms with van der Waals surface area (Å²) in [7, 11) is 0. The van der Waals surface area contributed by atoms with Crippen molar-refractivity contribution in [2.24, 2.45) is 0 Å². The van der Waals surface area contributed by atoms with Crippen LogP contribution in [0.2, 0.25) is 0 Å². The molecule has 2 heterocycles. The quantitative estimate of drug-likeness (QED) is 0.516. The molecule has 0 radical (unpaired) electrons. The maximum Gasteiger partial charge on any atom is 0.333 e. The summed E-state index contributed by atoms with van der Waals surface area (Å²) in [5, 5.41) is 3.46. The Morgan fingerprint density at radius 1 is 1.16 bits per heavy atom. The summed E-state index contributed by atoms with van der Waals surface area (Å²) in [6.45, 7) is 10.9. The zero-order valence-electron chi connectivity index (χ0n) is 18.1. The first kappa shape index (κ1) is 22.5. The topological polar surface area (TPSA) is 89.2 Å². The minimum Gasteiger partial charge on any atom is -0.349 e. The SMILES string of the molecule is C=CCn1c(=O)c2sc(N(CC)CC)nc2n(CC(=O)Nc2ccc(CC)cc2)c1=O. The molecule has 31 heavy (non-hydrogen) atoms. The third-order valence-electron chi connectivity index (χ3n) is 5.05. The molecular formula is C22H27N5O3S. The molecule has 3 rings (SSSR count). The second kappa shape index (κ2) is 9.74. The molecular weight excluding hydrogens is 414 g/mol. The number of anilines is 2. The average Bonchev–Trinajstić information content (AvgIpc) is 3.21. The summed E-state index contributed by atoms with van der Waals surface area (Å²) < 4.78 is 2.70. The van der Waals surface area contributed by atoms with E-state index in [1.165, 1.54) is 27.5 Å². The van der Waals surface area contributed by atoms with Crippen molar-refractivity contribution in [3.63, 3.8) is 0 Å². The van der Waals surface area contributed by atoms with Crippen molar-refractivity contribution in [1.82, 2.24) is 14.1 Å². The van der Waals surface area contributed by atoms with Crippen LogP contribution in [0.25, 0.3) is 10.3 Å². The van der Waals surface area contributed by atoms with Crippen LogP contribution in [-0.4, -0.2) is 33.1 Å². The van der Waals surface area contributed by atoms with E-state index in [0.717, 1.165) is 24.1 Å². The molecule has 0 spiro atoms. The number of nitrogens with zero attached hydrogens (tertiary/aromatic N) is 4. The molecule has 0 aliphatic carbocycles. The zero-order chi connectivity index (χ0) is 22.5. The number of carbonyl (C=O) groups excluding carboxylic acids is 1. The van der Waals surface area contributed by atoms with Crippen molar-refractivity contribution >= 4 is 38.4 Å². The van der Waals surface area contributed by atoms with Gasteiger partial charge in [-0.05, 0) is 38.0 Å². The number of aryl methyl sites for hydroxylation is 1. The fourth-order valence-electron chi connectivity index (χ4n) is 3.30. The highest BCUT2D eigenvalue weighted by molar-refractivity contribution is 7.22. The van der Waals surface area contributed by atoms with Gasteiger partial charge < -0.3 is 10.2 Å². The smallest absolute Gasteiger partial charge is 0.333 e. The summed E-state index contributed by atoms with van der Waals surface area (Å²) in [5.74, 6) is -0.367. The monoisotopic (exact) mass is 441 g/mol. The zero-order valence-corrected chi connectivity index (χ0v) is 18.9. The number of hydrogen-bond donors (Lipinski definition) is 1. The van der Waals surface area contributed by atoms with Crippen molar-refractivity contribution in [2.45, 2.75) is 40.3 Å². The van der Waals surface area contributed by atoms with E-state index < -0.39 is 11.2 Å². The number of nitrogens with one attached hydrogen (secondary N) is 1. The molecule has 9 heteroatoms. The van der Waals surface area contributed by atoms with E-state index in [9.17, 15) is 14.4 Å². The first-order valence-corrected chi connectivity index (χ1v) is 11.1. The lowest BCUT2D eigenvalue weighted by atomic mass is 10.1. The fraction of sp³-hybridized carbons (Fsp3) is 0.364. The second-order valence-corrected chi connectivity index (χ2v) is 7.97. The van der Waals surface area contributed by atoms with Crippen molar-refractivity contribution in [3.05, 3.63) is 63.3 Å². The van der Waals surface area contributed by atoms with E-state index >= 15 is 0 Å². The molecule has 0 unspecified atom stereocenters. The predicted molar refractivity (Wildman–Crippen MR) is 126 cm³/mol. The van der Waals surface area contributed by atoms with E-state index in [-0.39, 0.29) is 24.6 Å². The van der Waals surface area contributed by atoms with E-state index in [0.29, 0.717) is 15.5 Å². The van der Waals surface area contributed by atoms with E-state index in [2.05, 4.69) is 23.8 Å². The Bertz CT molecular complexity index is 1200. The van der Waals surface area contributed by atoms with Gasteiger partial charge >= 0.3 is 5.69 Å². The molecule has 0 atom stereocenters. The molecule has 0 saturated carbocycles. The van der Waals surface area contributed by atoms with Crippen LogP contribution >= 0.6 is 11.3 Å². The van der Waals surface area contributed by atoms with Crippen molar-refractivity contribution < 1.29 is 4.79 Å². The third-order valence-corrected chi connectivity index (χ3v) is 6.14. The van der Waals surface area contributed by atoms with E-state index in [1.54, 1.807) is 0 Å². The summed E-state index contributed by atoms with van der Waals surface area (Å²) >= 11 is 1.23. The highest BCUT2D eigenvalue weighted by Crippen LogP contribution is 2.25. The number of hydrogen-bond acceptors (Lipinski definition) is 6. The van der Waals surface area contributed by atoms with Crippen molar-refractivity contribution in [1.29, 1.82) is 0 Å². The van der Waals surface area contributed by atoms with E-state index in [4.69, 9.17) is 0 Å². The van der Waals surface area contributed by atoms with Gasteiger partial charge in [0.25, 0.3) is 5.56 Å². The normalized spacial score (nSPS) is 10.9. The molecule has 2 aromatic heterocycles. The molecule has 1 amide bonds. The number of fused-ring (bicyclic) bond motifs is 1. The Hall–Kier alpha value is -3.20. The Morgan fingerprint density at radius 2 is 1.84 bits per heavy atom. The average molecular weight is 442 g/mol. The van der Waals surface area contributed by atoms with Crippen LogP contribution in [0.3, 0.4) is 0 Å². The van der Waals surface area contributed by atoms with Crippen LogP contribution in [0.5, 0.6) is 0 Å². The van der Waals surface area contributed by atoms with Gasteiger partial charge in [0, 0.05) is 25.3 Å². The summed E-state index contributed by atoms with van der Waals surface area (Å²) in [4.78, 5) is 45.2. The number of thiazole rings is 1. The summed E-state index contributed by atoms with van der Waals surface area (Å²) in [6.07, 6.45) is 2.39. The molecule has 0 saturated heterocycles. The van der Waals surface area contributed by atoms with Gasteiger partial charge in [0.15, 0.2) is 10.8 Å². The lowest BCUT2D eigenvalue weighted by Crippen LogP contribution is -2.41. The van der Waals surface area contributed by atoms with Gasteiger partial charge in [-0.1, -0.05) is 36.5 Å². The minimum absolute atomic E-state index is 0.0617. The van der Waals surface area contributed by atoms with Gasteiger partial charge in [0.2, 0.25) is 5.91 Å². The van der Waals surface area contributed by atoms with Crippen molar-refractivity contribution in [2.75, 3.05) is 23.3 Å². The van der Waals surface area contributed by atoms with Crippen LogP contribution in [0, 0.1) is 0 Å². The first-order chi connectivity index (χ1) is 14.9. The lowest BCUT2D eigenvalue weighted by molar-refractivity contribution is -0.116. The molecule has 3 aromatic rings. The number of aromatic nitrogens is 3. The van der Waals surface area contributed by atoms with Crippen LogP contribution in [0.15, 0.2) is 46.5 Å². The number of allylic oxidation sites excluding steroid dienone is 1. The van der Waals surface area contributed by atoms with Gasteiger partial charge in [0.05, 0.1) is 0 Å². The molecule has 1 N–H and O–H groups in total. The molecule has 1 aromatic carbocycles. The predicted octanol–water partition coefficient (Wildman–Crippen LogP) is 2.85. The van der Waals surface area contributed by atoms with Gasteiger partial charge in [-0.15, -0.1) is 6.58 Å². The molecule has 0 aliphatic heterocycles. The largest absolute Gasteiger partial charge is 0.349 e.